The molecule has 0 amide bonds. The SMILES string of the molecule is Cn1c2ccccc2c2cc(-c3ccc4c(c3)Oc3cccc5c3c-4cc3oc4cc(C6=CC7C8=C(C=CCC8)NC7C=C6)ccc4c35)ccc21. The summed E-state index contributed by atoms with van der Waals surface area (Å²) in [5, 5.41) is 10.8. The molecule has 12 rings (SSSR count). The molecular formula is C47H32N2O2. The second kappa shape index (κ2) is 9.92. The van der Waals surface area contributed by atoms with Crippen LogP contribution in [0.1, 0.15) is 18.4 Å². The summed E-state index contributed by atoms with van der Waals surface area (Å²) in [5.41, 5.74) is 14.1. The minimum atomic E-state index is 0.346. The van der Waals surface area contributed by atoms with E-state index in [0.717, 1.165) is 73.7 Å². The van der Waals surface area contributed by atoms with Gasteiger partial charge < -0.3 is 19.0 Å². The zero-order valence-corrected chi connectivity index (χ0v) is 28.0. The normalized spacial score (nSPS) is 18.7. The number of para-hydroxylation sites is 1. The molecule has 2 unspecified atom stereocenters. The van der Waals surface area contributed by atoms with E-state index >= 15 is 0 Å². The molecule has 2 atom stereocenters. The van der Waals surface area contributed by atoms with Crippen LogP contribution in [0.4, 0.5) is 0 Å². The van der Waals surface area contributed by atoms with Gasteiger partial charge in [-0.2, -0.15) is 0 Å². The van der Waals surface area contributed by atoms with E-state index in [1.54, 1.807) is 0 Å². The first kappa shape index (κ1) is 27.5. The number of aromatic nitrogens is 1. The summed E-state index contributed by atoms with van der Waals surface area (Å²) in [6.07, 6.45) is 13.8. The predicted octanol–water partition coefficient (Wildman–Crippen LogP) is 12.0. The van der Waals surface area contributed by atoms with Crippen LogP contribution in [-0.4, -0.2) is 10.6 Å². The summed E-state index contributed by atoms with van der Waals surface area (Å²) < 4.78 is 15.7. The monoisotopic (exact) mass is 656 g/mol. The van der Waals surface area contributed by atoms with Gasteiger partial charge in [0.15, 0.2) is 0 Å². The van der Waals surface area contributed by atoms with Crippen LogP contribution in [0.5, 0.6) is 11.5 Å². The Hall–Kier alpha value is -6.26. The lowest BCUT2D eigenvalue weighted by Crippen LogP contribution is -2.27. The summed E-state index contributed by atoms with van der Waals surface area (Å²) in [7, 11) is 2.14. The van der Waals surface area contributed by atoms with Gasteiger partial charge in [0.25, 0.3) is 0 Å². The Morgan fingerprint density at radius 2 is 1.53 bits per heavy atom. The average Bonchev–Trinajstić information content (AvgIpc) is 3.83. The third kappa shape index (κ3) is 3.79. The van der Waals surface area contributed by atoms with Crippen LogP contribution in [0.3, 0.4) is 0 Å². The molecule has 4 heterocycles. The van der Waals surface area contributed by atoms with Crippen molar-refractivity contribution in [1.29, 1.82) is 0 Å². The summed E-state index contributed by atoms with van der Waals surface area (Å²) in [6, 6.07) is 37.7. The van der Waals surface area contributed by atoms with Crippen molar-refractivity contribution in [3.63, 3.8) is 0 Å². The lowest BCUT2D eigenvalue weighted by Gasteiger charge is -2.22. The summed E-state index contributed by atoms with van der Waals surface area (Å²) in [4.78, 5) is 0. The first-order valence-electron chi connectivity index (χ1n) is 17.9. The maximum atomic E-state index is 6.73. The van der Waals surface area contributed by atoms with Gasteiger partial charge in [-0.3, -0.25) is 0 Å². The van der Waals surface area contributed by atoms with Crippen molar-refractivity contribution in [3.05, 3.63) is 150 Å². The zero-order chi connectivity index (χ0) is 33.4. The molecule has 4 aliphatic rings. The third-order valence-electron chi connectivity index (χ3n) is 11.8. The maximum Gasteiger partial charge on any atom is 0.136 e. The average molecular weight is 657 g/mol. The number of ether oxygens (including phenoxy) is 1. The largest absolute Gasteiger partial charge is 0.456 e. The Kier molecular flexibility index (Phi) is 5.36. The fraction of sp³-hybridized carbons (Fsp3) is 0.106. The number of hydrogen-bond acceptors (Lipinski definition) is 3. The Balaban J connectivity index is 0.970. The maximum absolute atomic E-state index is 6.73. The second-order valence-corrected chi connectivity index (χ2v) is 14.5. The Morgan fingerprint density at radius 3 is 2.51 bits per heavy atom. The third-order valence-corrected chi connectivity index (χ3v) is 11.8. The van der Waals surface area contributed by atoms with E-state index in [1.807, 2.05) is 0 Å². The van der Waals surface area contributed by atoms with Crippen LogP contribution in [-0.2, 0) is 7.05 Å². The minimum Gasteiger partial charge on any atom is -0.456 e. The van der Waals surface area contributed by atoms with E-state index < -0.39 is 0 Å². The number of nitrogens with zero attached hydrogens (tertiary/aromatic N) is 1. The van der Waals surface area contributed by atoms with Crippen LogP contribution in [0.25, 0.3) is 82.3 Å². The van der Waals surface area contributed by atoms with Gasteiger partial charge in [-0.15, -0.1) is 0 Å². The number of furan rings is 1. The number of hydrogen-bond donors (Lipinski definition) is 1. The van der Waals surface area contributed by atoms with Gasteiger partial charge >= 0.3 is 0 Å². The van der Waals surface area contributed by atoms with Crippen LogP contribution in [0, 0.1) is 5.92 Å². The Bertz CT molecular complexity index is 3000. The molecule has 4 heteroatoms. The van der Waals surface area contributed by atoms with Gasteiger partial charge in [0.05, 0.1) is 6.04 Å². The number of nitrogens with one attached hydrogen (secondary N) is 1. The lowest BCUT2D eigenvalue weighted by atomic mass is 9.83. The molecule has 0 radical (unpaired) electrons. The fourth-order valence-electron chi connectivity index (χ4n) is 9.34. The van der Waals surface area contributed by atoms with Crippen molar-refractivity contribution >= 4 is 60.1 Å². The van der Waals surface area contributed by atoms with Crippen LogP contribution < -0.4 is 10.1 Å². The van der Waals surface area contributed by atoms with Crippen molar-refractivity contribution in [2.45, 2.75) is 18.9 Å². The topological polar surface area (TPSA) is 39.3 Å². The van der Waals surface area contributed by atoms with Gasteiger partial charge in [0, 0.05) is 67.8 Å². The van der Waals surface area contributed by atoms with Gasteiger partial charge in [-0.25, -0.2) is 0 Å². The molecule has 0 saturated heterocycles. The molecule has 242 valence electrons. The van der Waals surface area contributed by atoms with Gasteiger partial charge in [-0.1, -0.05) is 72.8 Å². The molecule has 4 nitrogen and oxygen atoms in total. The van der Waals surface area contributed by atoms with Crippen LogP contribution >= 0.6 is 0 Å². The molecule has 2 aliphatic carbocycles. The van der Waals surface area contributed by atoms with E-state index in [0.29, 0.717) is 12.0 Å². The number of fused-ring (bicyclic) bond motifs is 11. The summed E-state index contributed by atoms with van der Waals surface area (Å²) in [6.45, 7) is 0. The molecule has 0 spiro atoms. The quantitative estimate of drug-likeness (QED) is 0.201. The highest BCUT2D eigenvalue weighted by atomic mass is 16.5. The molecule has 51 heavy (non-hydrogen) atoms. The summed E-state index contributed by atoms with van der Waals surface area (Å²) in [5.74, 6) is 2.16. The van der Waals surface area contributed by atoms with E-state index in [-0.39, 0.29) is 0 Å². The molecule has 0 saturated carbocycles. The van der Waals surface area contributed by atoms with E-state index in [4.69, 9.17) is 9.15 Å². The standard InChI is InChI=1S/C47H32N2O2/c1-49-40-11-5-3-8-31(40)36-22-27(16-20-41(36)49)28-13-17-32-37-25-45-46(34-9-6-12-42(47(34)37)50-43(32)23-28)33-18-14-29(24-44(33)51-45)26-15-19-39-35(21-26)30-7-2-4-10-38(30)48-39/h3-6,8-25,35,39,48H,2,7H2,1H3. The summed E-state index contributed by atoms with van der Waals surface area (Å²) >= 11 is 0. The Labute approximate surface area is 294 Å². The highest BCUT2D eigenvalue weighted by Gasteiger charge is 2.33. The molecule has 2 aromatic heterocycles. The van der Waals surface area contributed by atoms with E-state index in [1.165, 1.54) is 49.8 Å². The predicted molar refractivity (Wildman–Crippen MR) is 209 cm³/mol. The highest BCUT2D eigenvalue weighted by Crippen LogP contribution is 2.51. The van der Waals surface area contributed by atoms with Gasteiger partial charge in [-0.05, 0) is 107 Å². The van der Waals surface area contributed by atoms with Crippen molar-refractivity contribution < 1.29 is 9.15 Å². The molecule has 8 aromatic rings. The Morgan fingerprint density at radius 1 is 0.667 bits per heavy atom. The molecule has 2 aliphatic heterocycles. The second-order valence-electron chi connectivity index (χ2n) is 14.5. The number of allylic oxidation sites excluding steroid dienone is 4. The van der Waals surface area contributed by atoms with E-state index in [9.17, 15) is 0 Å². The van der Waals surface area contributed by atoms with Crippen molar-refractivity contribution in [2.75, 3.05) is 0 Å². The zero-order valence-electron chi connectivity index (χ0n) is 28.0. The number of aryl methyl sites for hydroxylation is 1. The lowest BCUT2D eigenvalue weighted by molar-refractivity contribution is 0.487. The molecular weight excluding hydrogens is 625 g/mol. The van der Waals surface area contributed by atoms with Gasteiger partial charge in [0.1, 0.15) is 22.7 Å². The number of rotatable bonds is 2. The molecule has 6 aromatic carbocycles. The van der Waals surface area contributed by atoms with Crippen molar-refractivity contribution in [3.8, 4) is 33.8 Å². The van der Waals surface area contributed by atoms with Crippen LogP contribution in [0.2, 0.25) is 0 Å². The molecule has 0 fully saturated rings. The smallest absolute Gasteiger partial charge is 0.136 e. The first-order valence-corrected chi connectivity index (χ1v) is 17.9. The fourth-order valence-corrected chi connectivity index (χ4v) is 9.34. The highest BCUT2D eigenvalue weighted by molar-refractivity contribution is 6.24. The number of benzene rings is 6. The van der Waals surface area contributed by atoms with Crippen LogP contribution in [0.15, 0.2) is 149 Å². The minimum absolute atomic E-state index is 0.346. The van der Waals surface area contributed by atoms with Gasteiger partial charge in [0.2, 0.25) is 0 Å². The van der Waals surface area contributed by atoms with Crippen molar-refractivity contribution in [1.82, 2.24) is 9.88 Å². The first-order chi connectivity index (χ1) is 25.2. The van der Waals surface area contributed by atoms with E-state index in [2.05, 4.69) is 150 Å². The molecule has 0 bridgehead atoms. The van der Waals surface area contributed by atoms with Crippen molar-refractivity contribution in [2.24, 2.45) is 13.0 Å². The molecule has 1 N–H and O–H groups in total.